The van der Waals surface area contributed by atoms with E-state index >= 15 is 0 Å². The zero-order valence-corrected chi connectivity index (χ0v) is 13.4. The van der Waals surface area contributed by atoms with Crippen LogP contribution in [0, 0.1) is 11.8 Å². The Balaban J connectivity index is 2.22. The van der Waals surface area contributed by atoms with Crippen LogP contribution in [0.15, 0.2) is 22.7 Å². The van der Waals surface area contributed by atoms with Crippen LogP contribution in [0.2, 0.25) is 5.02 Å². The summed E-state index contributed by atoms with van der Waals surface area (Å²) in [4.78, 5) is 0. The van der Waals surface area contributed by atoms with Crippen LogP contribution in [0.3, 0.4) is 0 Å². The highest BCUT2D eigenvalue weighted by Gasteiger charge is 2.28. The number of hydrogen-bond donors (Lipinski definition) is 1. The summed E-state index contributed by atoms with van der Waals surface area (Å²) in [6.07, 6.45) is 2.50. The molecule has 0 radical (unpaired) electrons. The van der Waals surface area contributed by atoms with Crippen LogP contribution in [0.1, 0.15) is 38.2 Å². The molecule has 0 aromatic heterocycles. The van der Waals surface area contributed by atoms with Gasteiger partial charge in [-0.05, 0) is 61.4 Å². The van der Waals surface area contributed by atoms with E-state index in [9.17, 15) is 0 Å². The molecule has 100 valence electrons. The molecule has 1 nitrogen and oxygen atoms in total. The first-order chi connectivity index (χ1) is 8.58. The Kier molecular flexibility index (Phi) is 5.11. The van der Waals surface area contributed by atoms with Gasteiger partial charge in [-0.1, -0.05) is 47.4 Å². The summed E-state index contributed by atoms with van der Waals surface area (Å²) in [6, 6.07) is 6.22. The summed E-state index contributed by atoms with van der Waals surface area (Å²) >= 11 is 9.71. The van der Waals surface area contributed by atoms with Crippen molar-refractivity contribution < 1.29 is 0 Å². The van der Waals surface area contributed by atoms with Gasteiger partial charge in [-0.3, -0.25) is 0 Å². The second-order valence-electron chi connectivity index (χ2n) is 5.65. The molecule has 0 amide bonds. The summed E-state index contributed by atoms with van der Waals surface area (Å²) in [5.41, 5.74) is 1.42. The molecule has 1 aromatic rings. The van der Waals surface area contributed by atoms with E-state index in [0.717, 1.165) is 34.4 Å². The zero-order valence-electron chi connectivity index (χ0n) is 11.0. The highest BCUT2D eigenvalue weighted by atomic mass is 79.9. The molecule has 0 aliphatic carbocycles. The van der Waals surface area contributed by atoms with Crippen molar-refractivity contribution in [2.24, 2.45) is 11.8 Å². The monoisotopic (exact) mass is 329 g/mol. The standard InChI is InChI=1S/C15H21BrClN/c1-10(2)7-11-9-18-6-5-13(11)14-4-3-12(17)8-15(14)16/h3-4,8,10-11,13,18H,5-7,9H2,1-2H3. The van der Waals surface area contributed by atoms with E-state index in [1.165, 1.54) is 18.4 Å². The smallest absolute Gasteiger partial charge is 0.0417 e. The molecule has 2 unspecified atom stereocenters. The molecule has 2 rings (SSSR count). The number of halogens is 2. The lowest BCUT2D eigenvalue weighted by Gasteiger charge is -2.34. The zero-order chi connectivity index (χ0) is 13.1. The molecule has 1 aliphatic rings. The first kappa shape index (κ1) is 14.4. The van der Waals surface area contributed by atoms with Crippen molar-refractivity contribution in [3.63, 3.8) is 0 Å². The molecular weight excluding hydrogens is 310 g/mol. The number of rotatable bonds is 3. The molecule has 18 heavy (non-hydrogen) atoms. The fraction of sp³-hybridized carbons (Fsp3) is 0.600. The van der Waals surface area contributed by atoms with E-state index in [1.54, 1.807) is 0 Å². The van der Waals surface area contributed by atoms with Crippen LogP contribution >= 0.6 is 27.5 Å². The third kappa shape index (κ3) is 3.49. The second-order valence-corrected chi connectivity index (χ2v) is 6.95. The van der Waals surface area contributed by atoms with E-state index in [-0.39, 0.29) is 0 Å². The molecule has 1 aliphatic heterocycles. The molecular formula is C15H21BrClN. The van der Waals surface area contributed by atoms with Crippen molar-refractivity contribution in [3.05, 3.63) is 33.3 Å². The predicted molar refractivity (Wildman–Crippen MR) is 82.3 cm³/mol. The molecule has 3 heteroatoms. The van der Waals surface area contributed by atoms with Crippen LogP contribution < -0.4 is 5.32 Å². The highest BCUT2D eigenvalue weighted by molar-refractivity contribution is 9.10. The molecule has 2 atom stereocenters. The minimum Gasteiger partial charge on any atom is -0.316 e. The van der Waals surface area contributed by atoms with Crippen molar-refractivity contribution in [1.29, 1.82) is 0 Å². The third-order valence-corrected chi connectivity index (χ3v) is 4.67. The lowest BCUT2D eigenvalue weighted by atomic mass is 9.77. The van der Waals surface area contributed by atoms with Gasteiger partial charge in [-0.15, -0.1) is 0 Å². The van der Waals surface area contributed by atoms with Crippen molar-refractivity contribution in [1.82, 2.24) is 5.32 Å². The maximum atomic E-state index is 6.03. The van der Waals surface area contributed by atoms with Gasteiger partial charge in [0.15, 0.2) is 0 Å². The molecule has 1 saturated heterocycles. The topological polar surface area (TPSA) is 12.0 Å². The van der Waals surface area contributed by atoms with Crippen molar-refractivity contribution >= 4 is 27.5 Å². The van der Waals surface area contributed by atoms with Gasteiger partial charge in [0, 0.05) is 9.50 Å². The molecule has 0 saturated carbocycles. The Morgan fingerprint density at radius 3 is 2.89 bits per heavy atom. The van der Waals surface area contributed by atoms with Crippen LogP contribution in [0.5, 0.6) is 0 Å². The quantitative estimate of drug-likeness (QED) is 0.836. The van der Waals surface area contributed by atoms with Crippen molar-refractivity contribution in [2.75, 3.05) is 13.1 Å². The fourth-order valence-corrected chi connectivity index (χ4v) is 3.96. The van der Waals surface area contributed by atoms with Gasteiger partial charge < -0.3 is 5.32 Å². The summed E-state index contributed by atoms with van der Waals surface area (Å²) in [5.74, 6) is 2.14. The maximum absolute atomic E-state index is 6.03. The van der Waals surface area contributed by atoms with Crippen LogP contribution in [-0.2, 0) is 0 Å². The summed E-state index contributed by atoms with van der Waals surface area (Å²) in [7, 11) is 0. The molecule has 1 fully saturated rings. The fourth-order valence-electron chi connectivity index (χ4n) is 2.99. The number of nitrogens with one attached hydrogen (secondary N) is 1. The summed E-state index contributed by atoms with van der Waals surface area (Å²) in [6.45, 7) is 6.87. The SMILES string of the molecule is CC(C)CC1CNCCC1c1ccc(Cl)cc1Br. The van der Waals surface area contributed by atoms with Crippen molar-refractivity contribution in [3.8, 4) is 0 Å². The van der Waals surface area contributed by atoms with E-state index in [1.807, 2.05) is 12.1 Å². The lowest BCUT2D eigenvalue weighted by Crippen LogP contribution is -2.36. The van der Waals surface area contributed by atoms with Gasteiger partial charge in [0.2, 0.25) is 0 Å². The van der Waals surface area contributed by atoms with E-state index in [0.29, 0.717) is 5.92 Å². The first-order valence-electron chi connectivity index (χ1n) is 6.73. The molecule has 1 aromatic carbocycles. The number of hydrogen-bond acceptors (Lipinski definition) is 1. The van der Waals surface area contributed by atoms with E-state index in [2.05, 4.69) is 41.2 Å². The molecule has 1 heterocycles. The normalized spacial score (nSPS) is 24.5. The Morgan fingerprint density at radius 1 is 1.44 bits per heavy atom. The van der Waals surface area contributed by atoms with Crippen molar-refractivity contribution in [2.45, 2.75) is 32.6 Å². The van der Waals surface area contributed by atoms with E-state index < -0.39 is 0 Å². The van der Waals surface area contributed by atoms with Gasteiger partial charge in [-0.25, -0.2) is 0 Å². The van der Waals surface area contributed by atoms with Crippen LogP contribution in [0.25, 0.3) is 0 Å². The minimum atomic E-state index is 0.653. The van der Waals surface area contributed by atoms with Gasteiger partial charge in [0.1, 0.15) is 0 Å². The minimum absolute atomic E-state index is 0.653. The lowest BCUT2D eigenvalue weighted by molar-refractivity contribution is 0.279. The van der Waals surface area contributed by atoms with Crippen LogP contribution in [-0.4, -0.2) is 13.1 Å². The maximum Gasteiger partial charge on any atom is 0.0417 e. The Hall–Kier alpha value is -0.0500. The Labute approximate surface area is 123 Å². The van der Waals surface area contributed by atoms with Gasteiger partial charge in [0.05, 0.1) is 0 Å². The number of piperidine rings is 1. The van der Waals surface area contributed by atoms with Gasteiger partial charge in [0.25, 0.3) is 0 Å². The number of benzene rings is 1. The Bertz CT molecular complexity index is 405. The highest BCUT2D eigenvalue weighted by Crippen LogP contribution is 2.38. The van der Waals surface area contributed by atoms with E-state index in [4.69, 9.17) is 11.6 Å². The molecule has 0 bridgehead atoms. The largest absolute Gasteiger partial charge is 0.316 e. The predicted octanol–water partition coefficient (Wildman–Crippen LogP) is 4.84. The Morgan fingerprint density at radius 2 is 2.22 bits per heavy atom. The van der Waals surface area contributed by atoms with Gasteiger partial charge in [-0.2, -0.15) is 0 Å². The van der Waals surface area contributed by atoms with Gasteiger partial charge >= 0.3 is 0 Å². The second kappa shape index (κ2) is 6.40. The molecule has 0 spiro atoms. The summed E-state index contributed by atoms with van der Waals surface area (Å²) < 4.78 is 1.16. The average molecular weight is 331 g/mol. The third-order valence-electron chi connectivity index (χ3n) is 3.74. The molecule has 1 N–H and O–H groups in total. The summed E-state index contributed by atoms with van der Waals surface area (Å²) in [5, 5.41) is 4.33. The average Bonchev–Trinajstić information content (AvgIpc) is 2.30. The first-order valence-corrected chi connectivity index (χ1v) is 7.90. The van der Waals surface area contributed by atoms with Crippen LogP contribution in [0.4, 0.5) is 0 Å².